The first-order valence-corrected chi connectivity index (χ1v) is 7.37. The van der Waals surface area contributed by atoms with Crippen LogP contribution in [0.5, 0.6) is 0 Å². The van der Waals surface area contributed by atoms with Crippen LogP contribution in [0.25, 0.3) is 11.5 Å². The molecule has 0 saturated carbocycles. The number of aromatic nitrogens is 5. The minimum absolute atomic E-state index is 0.286. The summed E-state index contributed by atoms with van der Waals surface area (Å²) < 4.78 is 6.58. The first kappa shape index (κ1) is 13.1. The van der Waals surface area contributed by atoms with Crippen molar-refractivity contribution >= 4 is 33.6 Å². The molecule has 0 unspecified atom stereocenters. The van der Waals surface area contributed by atoms with Gasteiger partial charge in [-0.25, -0.2) is 5.10 Å². The van der Waals surface area contributed by atoms with Gasteiger partial charge in [-0.05, 0) is 24.3 Å². The Kier molecular flexibility index (Phi) is 3.70. The number of halogens is 1. The van der Waals surface area contributed by atoms with Gasteiger partial charge in [0.2, 0.25) is 22.9 Å². The molecule has 2 aromatic heterocycles. The maximum Gasteiger partial charge on any atom is 0.247 e. The normalized spacial score (nSPS) is 10.8. The van der Waals surface area contributed by atoms with E-state index < -0.39 is 0 Å². The Morgan fingerprint density at radius 3 is 2.75 bits per heavy atom. The number of nitrogen functional groups attached to an aromatic ring is 1. The highest BCUT2D eigenvalue weighted by atomic mass is 79.9. The summed E-state index contributed by atoms with van der Waals surface area (Å²) in [5, 5.41) is 15.0. The van der Waals surface area contributed by atoms with E-state index in [-0.39, 0.29) is 5.95 Å². The third-order valence-electron chi connectivity index (χ3n) is 2.36. The first-order valence-electron chi connectivity index (χ1n) is 5.60. The van der Waals surface area contributed by atoms with Crippen molar-refractivity contribution in [3.8, 4) is 11.5 Å². The lowest BCUT2D eigenvalue weighted by Gasteiger charge is -1.94. The molecule has 3 rings (SSSR count). The molecule has 0 radical (unpaired) electrons. The van der Waals surface area contributed by atoms with Gasteiger partial charge >= 0.3 is 0 Å². The monoisotopic (exact) mass is 352 g/mol. The smallest absolute Gasteiger partial charge is 0.247 e. The van der Waals surface area contributed by atoms with Gasteiger partial charge in [0.15, 0.2) is 0 Å². The molecule has 3 N–H and O–H groups in total. The second-order valence-corrected chi connectivity index (χ2v) is 5.66. The summed E-state index contributed by atoms with van der Waals surface area (Å²) in [5.74, 6) is 1.77. The van der Waals surface area contributed by atoms with Crippen LogP contribution in [0.3, 0.4) is 0 Å². The largest absolute Gasteiger partial charge is 0.420 e. The molecule has 3 aromatic rings. The Morgan fingerprint density at radius 2 is 2.05 bits per heavy atom. The maximum absolute atomic E-state index is 5.58. The van der Waals surface area contributed by atoms with E-state index in [0.29, 0.717) is 22.7 Å². The predicted octanol–water partition coefficient (Wildman–Crippen LogP) is 2.49. The molecule has 9 heteroatoms. The summed E-state index contributed by atoms with van der Waals surface area (Å²) in [7, 11) is 0. The van der Waals surface area contributed by atoms with Crippen molar-refractivity contribution in [3.05, 3.63) is 34.6 Å². The second kappa shape index (κ2) is 5.63. The average Bonchev–Trinajstić information content (AvgIpc) is 3.06. The quantitative estimate of drug-likeness (QED) is 0.694. The summed E-state index contributed by atoms with van der Waals surface area (Å²) in [6.45, 7) is 0. The Balaban J connectivity index is 1.69. The van der Waals surface area contributed by atoms with Gasteiger partial charge in [0.25, 0.3) is 0 Å². The van der Waals surface area contributed by atoms with Crippen LogP contribution >= 0.6 is 27.7 Å². The van der Waals surface area contributed by atoms with Gasteiger partial charge < -0.3 is 10.2 Å². The minimum atomic E-state index is 0.286. The van der Waals surface area contributed by atoms with Crippen LogP contribution in [0.4, 0.5) is 5.95 Å². The highest BCUT2D eigenvalue weighted by Gasteiger charge is 2.10. The molecular formula is C11H9BrN6OS. The molecule has 1 aromatic carbocycles. The van der Waals surface area contributed by atoms with E-state index >= 15 is 0 Å². The third-order valence-corrected chi connectivity index (χ3v) is 3.73. The van der Waals surface area contributed by atoms with Crippen LogP contribution in [-0.4, -0.2) is 25.4 Å². The molecule has 7 nitrogen and oxygen atoms in total. The minimum Gasteiger partial charge on any atom is -0.420 e. The number of H-pyrrole nitrogens is 1. The molecular weight excluding hydrogens is 344 g/mol. The van der Waals surface area contributed by atoms with Crippen LogP contribution in [0.15, 0.2) is 38.3 Å². The number of nitrogens with one attached hydrogen (secondary N) is 1. The van der Waals surface area contributed by atoms with E-state index in [2.05, 4.69) is 41.3 Å². The summed E-state index contributed by atoms with van der Waals surface area (Å²) in [5.41, 5.74) is 6.32. The number of anilines is 1. The summed E-state index contributed by atoms with van der Waals surface area (Å²) in [4.78, 5) is 3.98. The van der Waals surface area contributed by atoms with Crippen molar-refractivity contribution in [1.29, 1.82) is 0 Å². The first-order chi connectivity index (χ1) is 9.70. The zero-order chi connectivity index (χ0) is 13.9. The number of rotatable bonds is 4. The molecule has 0 amide bonds. The standard InChI is InChI=1S/C11H9BrN6OS/c12-7-3-1-6(2-4-7)9-16-15-8(19-9)5-20-11-14-10(13)17-18-11/h1-4H,5H2,(H3,13,14,17,18). The van der Waals surface area contributed by atoms with Gasteiger partial charge in [0, 0.05) is 10.0 Å². The Morgan fingerprint density at radius 1 is 1.25 bits per heavy atom. The average molecular weight is 353 g/mol. The van der Waals surface area contributed by atoms with Crippen molar-refractivity contribution in [1.82, 2.24) is 25.4 Å². The van der Waals surface area contributed by atoms with Crippen molar-refractivity contribution < 1.29 is 4.42 Å². The number of nitrogens with two attached hydrogens (primary N) is 1. The van der Waals surface area contributed by atoms with Crippen molar-refractivity contribution in [3.63, 3.8) is 0 Å². The number of thioether (sulfide) groups is 1. The van der Waals surface area contributed by atoms with Crippen LogP contribution in [-0.2, 0) is 5.75 Å². The predicted molar refractivity (Wildman–Crippen MR) is 77.8 cm³/mol. The van der Waals surface area contributed by atoms with Gasteiger partial charge in [-0.15, -0.1) is 15.3 Å². The molecule has 0 saturated heterocycles. The van der Waals surface area contributed by atoms with E-state index in [9.17, 15) is 0 Å². The molecule has 0 aliphatic rings. The Hall–Kier alpha value is -1.87. The fourth-order valence-electron chi connectivity index (χ4n) is 1.47. The van der Waals surface area contributed by atoms with E-state index in [4.69, 9.17) is 10.2 Å². The van der Waals surface area contributed by atoms with Gasteiger partial charge in [-0.2, -0.15) is 4.98 Å². The highest BCUT2D eigenvalue weighted by molar-refractivity contribution is 9.10. The summed E-state index contributed by atoms with van der Waals surface area (Å²) in [6.07, 6.45) is 0. The topological polar surface area (TPSA) is 107 Å². The maximum atomic E-state index is 5.58. The third kappa shape index (κ3) is 2.99. The number of benzene rings is 1. The van der Waals surface area contributed by atoms with Gasteiger partial charge in [-0.1, -0.05) is 27.7 Å². The Bertz CT molecular complexity index is 710. The molecule has 0 aliphatic heterocycles. The molecule has 0 fully saturated rings. The number of aromatic amines is 1. The van der Waals surface area contributed by atoms with E-state index in [1.54, 1.807) is 0 Å². The SMILES string of the molecule is Nc1nc(SCc2nnc(-c3ccc(Br)cc3)o2)n[nH]1. The molecule has 20 heavy (non-hydrogen) atoms. The van der Waals surface area contributed by atoms with Crippen molar-refractivity contribution in [2.45, 2.75) is 10.9 Å². The zero-order valence-electron chi connectivity index (χ0n) is 10.1. The number of nitrogens with zero attached hydrogens (tertiary/aromatic N) is 4. The fraction of sp³-hybridized carbons (Fsp3) is 0.0909. The zero-order valence-corrected chi connectivity index (χ0v) is 12.5. The summed E-state index contributed by atoms with van der Waals surface area (Å²) in [6, 6.07) is 7.66. The van der Waals surface area contributed by atoms with Crippen LogP contribution in [0, 0.1) is 0 Å². The fourth-order valence-corrected chi connectivity index (χ4v) is 2.38. The van der Waals surface area contributed by atoms with Gasteiger partial charge in [-0.3, -0.25) is 0 Å². The van der Waals surface area contributed by atoms with Crippen molar-refractivity contribution in [2.24, 2.45) is 0 Å². The molecule has 0 bridgehead atoms. The van der Waals surface area contributed by atoms with E-state index in [1.165, 1.54) is 11.8 Å². The lowest BCUT2D eigenvalue weighted by molar-refractivity contribution is 0.528. The van der Waals surface area contributed by atoms with Crippen LogP contribution in [0.2, 0.25) is 0 Å². The highest BCUT2D eigenvalue weighted by Crippen LogP contribution is 2.23. The molecule has 0 aliphatic carbocycles. The number of hydrogen-bond acceptors (Lipinski definition) is 7. The second-order valence-electron chi connectivity index (χ2n) is 3.80. The number of hydrogen-bond donors (Lipinski definition) is 2. The van der Waals surface area contributed by atoms with Crippen LogP contribution in [0.1, 0.15) is 5.89 Å². The lowest BCUT2D eigenvalue weighted by atomic mass is 10.2. The lowest BCUT2D eigenvalue weighted by Crippen LogP contribution is -1.85. The molecule has 2 heterocycles. The molecule has 0 spiro atoms. The Labute approximate surface area is 126 Å². The van der Waals surface area contributed by atoms with E-state index in [0.717, 1.165) is 10.0 Å². The van der Waals surface area contributed by atoms with Crippen molar-refractivity contribution in [2.75, 3.05) is 5.73 Å². The van der Waals surface area contributed by atoms with Gasteiger partial charge in [0.05, 0.1) is 5.75 Å². The van der Waals surface area contributed by atoms with Crippen LogP contribution < -0.4 is 5.73 Å². The molecule has 0 atom stereocenters. The molecule has 102 valence electrons. The van der Waals surface area contributed by atoms with E-state index in [1.807, 2.05) is 24.3 Å². The summed E-state index contributed by atoms with van der Waals surface area (Å²) >= 11 is 4.75. The van der Waals surface area contributed by atoms with Gasteiger partial charge in [0.1, 0.15) is 0 Å².